The third-order valence-corrected chi connectivity index (χ3v) is 4.49. The quantitative estimate of drug-likeness (QED) is 0.802. The summed E-state index contributed by atoms with van der Waals surface area (Å²) in [6.45, 7) is 0.399. The second-order valence-electron chi connectivity index (χ2n) is 5.88. The number of rotatable bonds is 6. The van der Waals surface area contributed by atoms with Crippen molar-refractivity contribution in [2.45, 2.75) is 31.5 Å². The van der Waals surface area contributed by atoms with E-state index in [4.69, 9.17) is 23.2 Å². The summed E-state index contributed by atoms with van der Waals surface area (Å²) in [5.74, 6) is -0.449. The standard InChI is InChI=1S/C18H17Cl2FN2O/c19-13-4-1-12(16(20)9-13)10-22-17(18(24)23-15-7-8-15)11-2-5-14(21)6-3-11/h1-6,9,15,17,22H,7-8,10H2,(H,23,24)/t17-/m1/s1. The van der Waals surface area contributed by atoms with Crippen molar-refractivity contribution in [3.63, 3.8) is 0 Å². The van der Waals surface area contributed by atoms with Gasteiger partial charge < -0.3 is 5.32 Å². The SMILES string of the molecule is O=C(NC1CC1)[C@H](NCc1ccc(Cl)cc1Cl)c1ccc(F)cc1. The highest BCUT2D eigenvalue weighted by Gasteiger charge is 2.28. The predicted octanol–water partition coefficient (Wildman–Crippen LogP) is 4.24. The number of hydrogen-bond acceptors (Lipinski definition) is 2. The first-order chi connectivity index (χ1) is 11.5. The highest BCUT2D eigenvalue weighted by atomic mass is 35.5. The molecule has 0 saturated heterocycles. The van der Waals surface area contributed by atoms with Gasteiger partial charge in [0, 0.05) is 22.6 Å². The molecule has 1 aliphatic rings. The van der Waals surface area contributed by atoms with Gasteiger partial charge in [0.1, 0.15) is 11.9 Å². The first-order valence-electron chi connectivity index (χ1n) is 7.76. The molecule has 6 heteroatoms. The van der Waals surface area contributed by atoms with E-state index < -0.39 is 6.04 Å². The fourth-order valence-electron chi connectivity index (χ4n) is 2.41. The summed E-state index contributed by atoms with van der Waals surface area (Å²) in [5, 5.41) is 7.28. The lowest BCUT2D eigenvalue weighted by atomic mass is 10.1. The molecular weight excluding hydrogens is 350 g/mol. The predicted molar refractivity (Wildman–Crippen MR) is 93.6 cm³/mol. The van der Waals surface area contributed by atoms with E-state index in [0.29, 0.717) is 22.2 Å². The van der Waals surface area contributed by atoms with Crippen molar-refractivity contribution >= 4 is 29.1 Å². The van der Waals surface area contributed by atoms with Crippen molar-refractivity contribution in [1.82, 2.24) is 10.6 Å². The lowest BCUT2D eigenvalue weighted by molar-refractivity contribution is -0.123. The van der Waals surface area contributed by atoms with Crippen LogP contribution < -0.4 is 10.6 Å². The van der Waals surface area contributed by atoms with E-state index in [0.717, 1.165) is 18.4 Å². The minimum Gasteiger partial charge on any atom is -0.352 e. The molecule has 0 aromatic heterocycles. The Morgan fingerprint density at radius 2 is 1.88 bits per heavy atom. The van der Waals surface area contributed by atoms with Crippen LogP contribution in [0.2, 0.25) is 10.0 Å². The van der Waals surface area contributed by atoms with Crippen molar-refractivity contribution in [3.8, 4) is 0 Å². The van der Waals surface area contributed by atoms with Gasteiger partial charge in [-0.1, -0.05) is 41.4 Å². The van der Waals surface area contributed by atoms with Crippen molar-refractivity contribution in [3.05, 3.63) is 69.5 Å². The Hall–Kier alpha value is -1.62. The molecule has 0 spiro atoms. The molecule has 2 aromatic rings. The number of carbonyl (C=O) groups is 1. The van der Waals surface area contributed by atoms with Crippen LogP contribution in [0.3, 0.4) is 0 Å². The molecule has 0 heterocycles. The topological polar surface area (TPSA) is 41.1 Å². The van der Waals surface area contributed by atoms with E-state index in [-0.39, 0.29) is 17.8 Å². The molecule has 1 aliphatic carbocycles. The average Bonchev–Trinajstić information content (AvgIpc) is 3.35. The molecule has 1 fully saturated rings. The summed E-state index contributed by atoms with van der Waals surface area (Å²) in [7, 11) is 0. The van der Waals surface area contributed by atoms with E-state index in [1.54, 1.807) is 24.3 Å². The van der Waals surface area contributed by atoms with Gasteiger partial charge >= 0.3 is 0 Å². The number of carbonyl (C=O) groups excluding carboxylic acids is 1. The Labute approximate surface area is 150 Å². The van der Waals surface area contributed by atoms with Crippen LogP contribution in [0.5, 0.6) is 0 Å². The molecular formula is C18H17Cl2FN2O. The summed E-state index contributed by atoms with van der Waals surface area (Å²) in [6, 6.07) is 10.8. The van der Waals surface area contributed by atoms with Crippen LogP contribution in [-0.2, 0) is 11.3 Å². The van der Waals surface area contributed by atoms with Crippen molar-refractivity contribution in [2.24, 2.45) is 0 Å². The van der Waals surface area contributed by atoms with E-state index in [1.807, 2.05) is 6.07 Å². The van der Waals surface area contributed by atoms with Gasteiger partial charge in [0.15, 0.2) is 0 Å². The Morgan fingerprint density at radius 1 is 1.17 bits per heavy atom. The highest BCUT2D eigenvalue weighted by molar-refractivity contribution is 6.35. The molecule has 2 aromatic carbocycles. The lowest BCUT2D eigenvalue weighted by Crippen LogP contribution is -2.38. The van der Waals surface area contributed by atoms with Gasteiger partial charge in [0.25, 0.3) is 0 Å². The largest absolute Gasteiger partial charge is 0.352 e. The van der Waals surface area contributed by atoms with Crippen LogP contribution in [0.25, 0.3) is 0 Å². The minimum atomic E-state index is -0.571. The van der Waals surface area contributed by atoms with Crippen molar-refractivity contribution in [1.29, 1.82) is 0 Å². The Morgan fingerprint density at radius 3 is 2.50 bits per heavy atom. The van der Waals surface area contributed by atoms with Crippen LogP contribution in [-0.4, -0.2) is 11.9 Å². The van der Waals surface area contributed by atoms with E-state index in [9.17, 15) is 9.18 Å². The van der Waals surface area contributed by atoms with Crippen molar-refractivity contribution < 1.29 is 9.18 Å². The zero-order valence-electron chi connectivity index (χ0n) is 12.9. The molecule has 0 bridgehead atoms. The Kier molecular flexibility index (Phi) is 5.39. The van der Waals surface area contributed by atoms with Gasteiger partial charge in [-0.25, -0.2) is 4.39 Å². The molecule has 2 N–H and O–H groups in total. The molecule has 1 atom stereocenters. The van der Waals surface area contributed by atoms with Gasteiger partial charge in [-0.05, 0) is 48.2 Å². The number of benzene rings is 2. The smallest absolute Gasteiger partial charge is 0.241 e. The summed E-state index contributed by atoms with van der Waals surface area (Å²) in [6.07, 6.45) is 2.01. The number of halogens is 3. The fourth-order valence-corrected chi connectivity index (χ4v) is 2.88. The molecule has 1 amide bonds. The fraction of sp³-hybridized carbons (Fsp3) is 0.278. The Bertz CT molecular complexity index is 732. The number of nitrogens with one attached hydrogen (secondary N) is 2. The number of amides is 1. The maximum atomic E-state index is 13.2. The maximum absolute atomic E-state index is 13.2. The Balaban J connectivity index is 1.75. The summed E-state index contributed by atoms with van der Waals surface area (Å²) in [4.78, 5) is 12.5. The first-order valence-corrected chi connectivity index (χ1v) is 8.51. The number of hydrogen-bond donors (Lipinski definition) is 2. The highest BCUT2D eigenvalue weighted by Crippen LogP contribution is 2.24. The minimum absolute atomic E-state index is 0.116. The van der Waals surface area contributed by atoms with Crippen LogP contribution in [0.15, 0.2) is 42.5 Å². The molecule has 3 nitrogen and oxygen atoms in total. The molecule has 0 radical (unpaired) electrons. The van der Waals surface area contributed by atoms with Crippen molar-refractivity contribution in [2.75, 3.05) is 0 Å². The van der Waals surface area contributed by atoms with Crippen LogP contribution in [0, 0.1) is 5.82 Å². The van der Waals surface area contributed by atoms with Gasteiger partial charge in [-0.15, -0.1) is 0 Å². The van der Waals surface area contributed by atoms with E-state index in [2.05, 4.69) is 10.6 Å². The lowest BCUT2D eigenvalue weighted by Gasteiger charge is -2.19. The maximum Gasteiger partial charge on any atom is 0.241 e. The van der Waals surface area contributed by atoms with E-state index >= 15 is 0 Å². The van der Waals surface area contributed by atoms with Gasteiger partial charge in [0.05, 0.1) is 0 Å². The van der Waals surface area contributed by atoms with Gasteiger partial charge in [-0.3, -0.25) is 10.1 Å². The molecule has 0 unspecified atom stereocenters. The zero-order valence-corrected chi connectivity index (χ0v) is 14.4. The molecule has 24 heavy (non-hydrogen) atoms. The van der Waals surface area contributed by atoms with Gasteiger partial charge in [0.2, 0.25) is 5.91 Å². The summed E-state index contributed by atoms with van der Waals surface area (Å²) < 4.78 is 13.2. The second kappa shape index (κ2) is 7.51. The molecule has 126 valence electrons. The van der Waals surface area contributed by atoms with Crippen LogP contribution in [0.1, 0.15) is 30.0 Å². The second-order valence-corrected chi connectivity index (χ2v) is 6.73. The van der Waals surface area contributed by atoms with Crippen LogP contribution >= 0.6 is 23.2 Å². The van der Waals surface area contributed by atoms with Crippen LogP contribution in [0.4, 0.5) is 4.39 Å². The third-order valence-electron chi connectivity index (χ3n) is 3.90. The third kappa shape index (κ3) is 4.47. The molecule has 1 saturated carbocycles. The first kappa shape index (κ1) is 17.2. The molecule has 3 rings (SSSR count). The zero-order chi connectivity index (χ0) is 17.1. The summed E-state index contributed by atoms with van der Waals surface area (Å²) >= 11 is 12.1. The van der Waals surface area contributed by atoms with Gasteiger partial charge in [-0.2, -0.15) is 0 Å². The molecule has 0 aliphatic heterocycles. The monoisotopic (exact) mass is 366 g/mol. The average molecular weight is 367 g/mol. The van der Waals surface area contributed by atoms with E-state index in [1.165, 1.54) is 12.1 Å². The summed E-state index contributed by atoms with van der Waals surface area (Å²) in [5.41, 5.74) is 1.55. The normalized spacial score (nSPS) is 15.1.